The first kappa shape index (κ1) is 47.0. The number of aliphatic hydroxyl groups excluding tert-OH is 1. The van der Waals surface area contributed by atoms with Crippen LogP contribution in [0.1, 0.15) is 30.7 Å². The van der Waals surface area contributed by atoms with Gasteiger partial charge in [0, 0.05) is 32.0 Å². The molecule has 29 heteroatoms. The van der Waals surface area contributed by atoms with E-state index >= 15 is 0 Å². The summed E-state index contributed by atoms with van der Waals surface area (Å²) in [5, 5.41) is 32.9. The quantitative estimate of drug-likeness (QED) is 0.169. The summed E-state index contributed by atoms with van der Waals surface area (Å²) in [6, 6.07) is 9.55. The van der Waals surface area contributed by atoms with Gasteiger partial charge in [0.2, 0.25) is 51.0 Å². The number of esters is 2. The largest absolute Gasteiger partial charge is 0.468 e. The van der Waals surface area contributed by atoms with Gasteiger partial charge < -0.3 is 14.6 Å². The Balaban J connectivity index is 0.000000194. The van der Waals surface area contributed by atoms with E-state index in [0.29, 0.717) is 35.6 Å². The summed E-state index contributed by atoms with van der Waals surface area (Å²) in [4.78, 5) is 32.0. The maximum Gasteiger partial charge on any atom is 0.324 e. The summed E-state index contributed by atoms with van der Waals surface area (Å²) in [5.74, 6) is -1.33. The van der Waals surface area contributed by atoms with Crippen LogP contribution in [0.3, 0.4) is 0 Å². The zero-order valence-corrected chi connectivity index (χ0v) is 38.5. The summed E-state index contributed by atoms with van der Waals surface area (Å²) in [7, 11) is -12.9. The van der Waals surface area contributed by atoms with Crippen LogP contribution < -0.4 is 0 Å². The smallest absolute Gasteiger partial charge is 0.324 e. The molecule has 6 heterocycles. The molecule has 0 radical (unpaired) electrons. The lowest BCUT2D eigenvalue weighted by molar-refractivity contribution is -0.145. The maximum absolute atomic E-state index is 13.1. The van der Waals surface area contributed by atoms with E-state index in [1.54, 1.807) is 13.8 Å². The molecule has 2 aromatic carbocycles. The number of fused-ring (bicyclic) bond motifs is 2. The summed E-state index contributed by atoms with van der Waals surface area (Å²) < 4.78 is 113. The molecule has 25 nitrogen and oxygen atoms in total. The van der Waals surface area contributed by atoms with E-state index in [1.165, 1.54) is 65.0 Å². The van der Waals surface area contributed by atoms with Crippen molar-refractivity contribution in [3.63, 3.8) is 0 Å². The minimum atomic E-state index is -4.10. The Labute approximate surface area is 371 Å². The molecule has 0 spiro atoms. The van der Waals surface area contributed by atoms with E-state index in [0.717, 1.165) is 28.2 Å². The number of β-amino-alcohol motifs (C(OH)–C–C–N with tert-alkyl or cyclic N) is 1. The molecule has 8 rings (SSSR count). The normalized spacial score (nSPS) is 18.7. The Bertz CT molecular complexity index is 3310. The molecule has 65 heavy (non-hydrogen) atoms. The highest BCUT2D eigenvalue weighted by molar-refractivity contribution is 7.91. The SMILES string of the molecule is COC(=O)C1CC(O)CN1S(=O)(=O)c1ccc(-n2nc(C)c3nc(S(C)(=O)=O)nnc32)cc1.COC(=O)C1CCCN1S(=O)(=O)c1ccc(-n2nc(C)c3nc(S(C)(=O)=O)nnc32)cc1. The number of aromatic nitrogens is 10. The van der Waals surface area contributed by atoms with Crippen molar-refractivity contribution in [1.82, 2.24) is 58.5 Å². The van der Waals surface area contributed by atoms with Crippen LogP contribution in [0.25, 0.3) is 33.7 Å². The van der Waals surface area contributed by atoms with E-state index in [2.05, 4.69) is 45.3 Å². The fourth-order valence-corrected chi connectivity index (χ4v) is 11.3. The molecule has 0 aliphatic carbocycles. The number of sulfone groups is 2. The molecule has 1 N–H and O–H groups in total. The monoisotopic (exact) mass is 976 g/mol. The van der Waals surface area contributed by atoms with Crippen LogP contribution in [0.4, 0.5) is 0 Å². The molecule has 3 atom stereocenters. The number of benzene rings is 2. The van der Waals surface area contributed by atoms with Crippen molar-refractivity contribution in [3.05, 3.63) is 59.9 Å². The second kappa shape index (κ2) is 17.4. The molecular weight excluding hydrogens is 937 g/mol. The van der Waals surface area contributed by atoms with Gasteiger partial charge in [-0.25, -0.2) is 53.0 Å². The Morgan fingerprint density at radius 1 is 0.631 bits per heavy atom. The molecular formula is C36H40N12O13S4. The molecule has 2 saturated heterocycles. The third-order valence-electron chi connectivity index (χ3n) is 10.3. The molecule has 2 aliphatic heterocycles. The lowest BCUT2D eigenvalue weighted by Crippen LogP contribution is -2.41. The average Bonchev–Trinajstić information content (AvgIpc) is 4.08. The molecule has 0 amide bonds. The first-order chi connectivity index (χ1) is 30.5. The highest BCUT2D eigenvalue weighted by Crippen LogP contribution is 2.30. The number of aryl methyl sites for hydroxylation is 2. The van der Waals surface area contributed by atoms with Gasteiger partial charge in [-0.1, -0.05) is 0 Å². The number of hydrogen-bond acceptors (Lipinski definition) is 21. The van der Waals surface area contributed by atoms with Crippen molar-refractivity contribution in [3.8, 4) is 11.4 Å². The topological polar surface area (TPSA) is 329 Å². The number of carbonyl (C=O) groups is 2. The standard InChI is InChI=1S/C18H20N6O7S2.C18H20N6O6S2/c1-10-15-16(20-21-18(19-15)32(3,27)28)24(22-10)11-4-6-13(7-5-11)33(29,30)23-9-12(25)8-14(23)17(26)31-2;1-11-15-16(20-21-18(19-15)31(3,26)27)24(22-11)12-6-8-13(9-7-12)32(28,29)23-10-4-5-14(23)17(25)30-2/h4-7,12,14,25H,8-9H2,1-3H3;6-9,14H,4-5,10H2,1-3H3. The van der Waals surface area contributed by atoms with Gasteiger partial charge in [-0.05, 0) is 75.2 Å². The molecule has 346 valence electrons. The zero-order valence-electron chi connectivity index (χ0n) is 35.2. The van der Waals surface area contributed by atoms with Crippen LogP contribution >= 0.6 is 0 Å². The number of sulfonamides is 2. The Hall–Kier alpha value is -5.98. The highest BCUT2D eigenvalue weighted by Gasteiger charge is 2.44. The molecule has 2 fully saturated rings. The van der Waals surface area contributed by atoms with E-state index < -0.39 is 80.2 Å². The van der Waals surface area contributed by atoms with Crippen LogP contribution in [-0.2, 0) is 58.8 Å². The molecule has 3 unspecified atom stereocenters. The van der Waals surface area contributed by atoms with Crippen LogP contribution in [0.15, 0.2) is 68.6 Å². The zero-order chi connectivity index (χ0) is 47.4. The summed E-state index contributed by atoms with van der Waals surface area (Å²) in [5.41, 5.74) is 2.71. The van der Waals surface area contributed by atoms with Crippen molar-refractivity contribution in [2.45, 2.75) is 71.4 Å². The second-order valence-corrected chi connectivity index (χ2v) is 22.5. The molecule has 0 bridgehead atoms. The number of nitrogens with zero attached hydrogens (tertiary/aromatic N) is 12. The number of rotatable bonds is 10. The van der Waals surface area contributed by atoms with Crippen LogP contribution in [-0.4, -0.2) is 167 Å². The number of carbonyl (C=O) groups excluding carboxylic acids is 2. The number of hydrogen-bond donors (Lipinski definition) is 1. The highest BCUT2D eigenvalue weighted by atomic mass is 32.2. The summed E-state index contributed by atoms with van der Waals surface area (Å²) in [6.45, 7) is 3.29. The third kappa shape index (κ3) is 9.03. The van der Waals surface area contributed by atoms with Gasteiger partial charge in [0.1, 0.15) is 23.1 Å². The Morgan fingerprint density at radius 3 is 1.46 bits per heavy atom. The van der Waals surface area contributed by atoms with Gasteiger partial charge in [-0.2, -0.15) is 18.8 Å². The van der Waals surface area contributed by atoms with E-state index in [4.69, 9.17) is 4.74 Å². The van der Waals surface area contributed by atoms with Crippen LogP contribution in [0.5, 0.6) is 0 Å². The molecule has 4 aromatic heterocycles. The lowest BCUT2D eigenvalue weighted by Gasteiger charge is -2.22. The van der Waals surface area contributed by atoms with Crippen molar-refractivity contribution >= 4 is 74.0 Å². The van der Waals surface area contributed by atoms with Crippen molar-refractivity contribution in [2.24, 2.45) is 0 Å². The molecule has 0 saturated carbocycles. The first-order valence-corrected chi connectivity index (χ1v) is 25.8. The van der Waals surface area contributed by atoms with Crippen molar-refractivity contribution < 1.29 is 57.8 Å². The molecule has 6 aromatic rings. The van der Waals surface area contributed by atoms with Crippen LogP contribution in [0, 0.1) is 13.8 Å². The molecule has 2 aliphatic rings. The fraction of sp³-hybridized carbons (Fsp3) is 0.389. The maximum atomic E-state index is 13.1. The lowest BCUT2D eigenvalue weighted by atomic mass is 10.2. The van der Waals surface area contributed by atoms with Gasteiger partial charge in [0.05, 0.1) is 52.9 Å². The Morgan fingerprint density at radius 2 is 1.05 bits per heavy atom. The number of ether oxygens (including phenoxy) is 2. The van der Waals surface area contributed by atoms with Crippen molar-refractivity contribution in [2.75, 3.05) is 39.8 Å². The number of methoxy groups -OCH3 is 2. The van der Waals surface area contributed by atoms with E-state index in [1.807, 2.05) is 0 Å². The predicted octanol–water partition coefficient (Wildman–Crippen LogP) is -0.532. The van der Waals surface area contributed by atoms with Crippen LogP contribution in [0.2, 0.25) is 0 Å². The van der Waals surface area contributed by atoms with Gasteiger partial charge >= 0.3 is 11.9 Å². The van der Waals surface area contributed by atoms with E-state index in [-0.39, 0.29) is 51.6 Å². The van der Waals surface area contributed by atoms with Gasteiger partial charge in [-0.3, -0.25) is 9.59 Å². The summed E-state index contributed by atoms with van der Waals surface area (Å²) in [6.07, 6.45) is 1.90. The van der Waals surface area contributed by atoms with E-state index in [9.17, 15) is 48.4 Å². The number of aliphatic hydroxyl groups is 1. The minimum absolute atomic E-state index is 0.0220. The summed E-state index contributed by atoms with van der Waals surface area (Å²) >= 11 is 0. The van der Waals surface area contributed by atoms with Gasteiger partial charge in [-0.15, -0.1) is 20.4 Å². The minimum Gasteiger partial charge on any atom is -0.468 e. The third-order valence-corrected chi connectivity index (χ3v) is 15.8. The van der Waals surface area contributed by atoms with Gasteiger partial charge in [0.25, 0.3) is 10.3 Å². The van der Waals surface area contributed by atoms with Crippen molar-refractivity contribution in [1.29, 1.82) is 0 Å². The van der Waals surface area contributed by atoms with Gasteiger partial charge in [0.15, 0.2) is 0 Å². The fourth-order valence-electron chi connectivity index (χ4n) is 7.13. The predicted molar refractivity (Wildman–Crippen MR) is 224 cm³/mol. The Kier molecular flexibility index (Phi) is 12.6. The first-order valence-electron chi connectivity index (χ1n) is 19.2. The second-order valence-electron chi connectivity index (χ2n) is 14.9. The average molecular weight is 977 g/mol.